The maximum atomic E-state index is 15.3. The number of hydrogen-bond acceptors (Lipinski definition) is 9. The molecule has 49 heavy (non-hydrogen) atoms. The van der Waals surface area contributed by atoms with Gasteiger partial charge in [0.15, 0.2) is 5.65 Å². The number of morpholine rings is 1. The lowest BCUT2D eigenvalue weighted by atomic mass is 10.0. The third-order valence-electron chi connectivity index (χ3n) is 9.18. The predicted octanol–water partition coefficient (Wildman–Crippen LogP) is 5.73. The molecule has 2 fully saturated rings. The van der Waals surface area contributed by atoms with E-state index in [1.807, 2.05) is 46.4 Å². The average molecular weight is 689 g/mol. The standard InChI is InChI=1S/C36H42ClFN8O3/c1-8-28(47)44-18-23(7)45(19-22(44)6)33-25-17-26(37)31(24-11-9-10-12-27(24)38)39-34(25)46(36(48)42-33)32-29(20(2)3)40-35(41-30(32)21(4)5)43-13-15-49-16-14-43/h8-12,17,20-23H,1,13-16,18-19H2,2-7H3. The lowest BCUT2D eigenvalue weighted by Crippen LogP contribution is -2.58. The molecular weight excluding hydrogens is 647 g/mol. The second kappa shape index (κ2) is 13.8. The second-order valence-corrected chi connectivity index (χ2v) is 13.7. The molecule has 2 unspecified atom stereocenters. The lowest BCUT2D eigenvalue weighted by Gasteiger charge is -2.44. The number of carbonyl (C=O) groups excluding carboxylic acids is 1. The van der Waals surface area contributed by atoms with Crippen LogP contribution in [0.4, 0.5) is 16.2 Å². The maximum absolute atomic E-state index is 15.3. The van der Waals surface area contributed by atoms with E-state index >= 15 is 4.39 Å². The van der Waals surface area contributed by atoms with Crippen molar-refractivity contribution in [1.29, 1.82) is 0 Å². The molecule has 258 valence electrons. The highest BCUT2D eigenvalue weighted by Crippen LogP contribution is 2.38. The summed E-state index contributed by atoms with van der Waals surface area (Å²) in [5.41, 5.74) is 1.93. The number of benzene rings is 1. The second-order valence-electron chi connectivity index (χ2n) is 13.3. The van der Waals surface area contributed by atoms with Crippen molar-refractivity contribution in [3.63, 3.8) is 0 Å². The van der Waals surface area contributed by atoms with Crippen LogP contribution in [0.5, 0.6) is 0 Å². The molecule has 2 atom stereocenters. The third kappa shape index (κ3) is 6.39. The molecule has 1 amide bonds. The average Bonchev–Trinajstić information content (AvgIpc) is 3.08. The van der Waals surface area contributed by atoms with Crippen LogP contribution in [-0.2, 0) is 9.53 Å². The van der Waals surface area contributed by atoms with E-state index in [4.69, 9.17) is 36.3 Å². The Kier molecular flexibility index (Phi) is 9.72. The number of hydrogen-bond donors (Lipinski definition) is 0. The molecule has 13 heteroatoms. The molecule has 0 aliphatic carbocycles. The van der Waals surface area contributed by atoms with Gasteiger partial charge < -0.3 is 19.4 Å². The van der Waals surface area contributed by atoms with E-state index in [0.29, 0.717) is 73.6 Å². The molecule has 11 nitrogen and oxygen atoms in total. The molecule has 5 heterocycles. The van der Waals surface area contributed by atoms with E-state index in [9.17, 15) is 9.59 Å². The quantitative estimate of drug-likeness (QED) is 0.225. The number of ether oxygens (including phenoxy) is 1. The number of anilines is 2. The molecule has 1 aromatic carbocycles. The molecule has 6 rings (SSSR count). The van der Waals surface area contributed by atoms with Crippen molar-refractivity contribution in [2.24, 2.45) is 0 Å². The number of carbonyl (C=O) groups is 1. The zero-order valence-corrected chi connectivity index (χ0v) is 29.5. The fourth-order valence-electron chi connectivity index (χ4n) is 6.63. The highest BCUT2D eigenvalue weighted by molar-refractivity contribution is 6.33. The molecule has 4 aromatic rings. The van der Waals surface area contributed by atoms with E-state index < -0.39 is 11.5 Å². The zero-order valence-electron chi connectivity index (χ0n) is 28.8. The van der Waals surface area contributed by atoms with Crippen LogP contribution in [0, 0.1) is 5.82 Å². The number of aromatic nitrogens is 5. The number of pyridine rings is 1. The summed E-state index contributed by atoms with van der Waals surface area (Å²) >= 11 is 6.91. The smallest absolute Gasteiger partial charge is 0.355 e. The molecule has 2 aliphatic rings. The number of fused-ring (bicyclic) bond motifs is 1. The van der Waals surface area contributed by atoms with Crippen LogP contribution in [0.2, 0.25) is 5.02 Å². The van der Waals surface area contributed by atoms with Gasteiger partial charge in [0.2, 0.25) is 11.9 Å². The molecule has 2 aliphatic heterocycles. The van der Waals surface area contributed by atoms with E-state index in [0.717, 1.165) is 0 Å². The van der Waals surface area contributed by atoms with E-state index in [-0.39, 0.29) is 51.8 Å². The highest BCUT2D eigenvalue weighted by Gasteiger charge is 2.35. The molecule has 2 saturated heterocycles. The molecule has 0 spiro atoms. The Hall–Kier alpha value is -4.42. The van der Waals surface area contributed by atoms with Crippen LogP contribution in [0.15, 0.2) is 47.8 Å². The van der Waals surface area contributed by atoms with Crippen molar-refractivity contribution < 1.29 is 13.9 Å². The van der Waals surface area contributed by atoms with Crippen molar-refractivity contribution in [3.8, 4) is 16.9 Å². The van der Waals surface area contributed by atoms with Gasteiger partial charge in [-0.2, -0.15) is 4.98 Å². The summed E-state index contributed by atoms with van der Waals surface area (Å²) in [6.45, 7) is 18.9. The first kappa shape index (κ1) is 34.4. The van der Waals surface area contributed by atoms with Gasteiger partial charge in [0, 0.05) is 43.8 Å². The van der Waals surface area contributed by atoms with Crippen LogP contribution >= 0.6 is 11.6 Å². The Morgan fingerprint density at radius 3 is 2.27 bits per heavy atom. The minimum absolute atomic E-state index is 0.105. The van der Waals surface area contributed by atoms with E-state index in [2.05, 4.69) is 11.5 Å². The summed E-state index contributed by atoms with van der Waals surface area (Å²) in [6, 6.07) is 7.58. The van der Waals surface area contributed by atoms with Gasteiger partial charge in [-0.05, 0) is 50.0 Å². The van der Waals surface area contributed by atoms with E-state index in [1.165, 1.54) is 16.7 Å². The summed E-state index contributed by atoms with van der Waals surface area (Å²) in [4.78, 5) is 52.8. The topological polar surface area (TPSA) is 110 Å². The molecule has 3 aromatic heterocycles. The van der Waals surface area contributed by atoms with Gasteiger partial charge in [-0.25, -0.2) is 28.7 Å². The summed E-state index contributed by atoms with van der Waals surface area (Å²) < 4.78 is 22.3. The van der Waals surface area contributed by atoms with Crippen molar-refractivity contribution in [2.45, 2.75) is 65.5 Å². The normalized spacial score (nSPS) is 18.5. The minimum atomic E-state index is -0.576. The van der Waals surface area contributed by atoms with E-state index in [1.54, 1.807) is 29.2 Å². The van der Waals surface area contributed by atoms with Crippen LogP contribution in [0.25, 0.3) is 28.0 Å². The van der Waals surface area contributed by atoms with Crippen molar-refractivity contribution >= 4 is 40.3 Å². The van der Waals surface area contributed by atoms with Crippen molar-refractivity contribution in [1.82, 2.24) is 29.4 Å². The third-order valence-corrected chi connectivity index (χ3v) is 9.47. The monoisotopic (exact) mass is 688 g/mol. The number of rotatable bonds is 7. The number of halogens is 2. The van der Waals surface area contributed by atoms with Gasteiger partial charge in [-0.1, -0.05) is 58.0 Å². The molecule has 0 saturated carbocycles. The summed E-state index contributed by atoms with van der Waals surface area (Å²) in [5, 5.41) is 0.716. The van der Waals surface area contributed by atoms with Crippen LogP contribution in [0.3, 0.4) is 0 Å². The Bertz CT molecular complexity index is 1950. The van der Waals surface area contributed by atoms with Gasteiger partial charge in [0.05, 0.1) is 46.4 Å². The Labute approximate surface area is 290 Å². The highest BCUT2D eigenvalue weighted by atomic mass is 35.5. The Morgan fingerprint density at radius 1 is 1.00 bits per heavy atom. The fraction of sp³-hybridized carbons (Fsp3) is 0.444. The first-order chi connectivity index (χ1) is 23.4. The van der Waals surface area contributed by atoms with Crippen LogP contribution in [-0.4, -0.2) is 86.8 Å². The fourth-order valence-corrected chi connectivity index (χ4v) is 6.88. The molecular formula is C36H42ClFN8O3. The lowest BCUT2D eigenvalue weighted by molar-refractivity contribution is -0.128. The molecule has 0 bridgehead atoms. The first-order valence-electron chi connectivity index (χ1n) is 16.7. The van der Waals surface area contributed by atoms with Gasteiger partial charge in [-0.3, -0.25) is 4.79 Å². The van der Waals surface area contributed by atoms with Crippen molar-refractivity contribution in [3.05, 3.63) is 75.7 Å². The van der Waals surface area contributed by atoms with Gasteiger partial charge in [-0.15, -0.1) is 0 Å². The summed E-state index contributed by atoms with van der Waals surface area (Å²) in [5.74, 6) is 0.111. The Morgan fingerprint density at radius 2 is 1.65 bits per heavy atom. The zero-order chi connectivity index (χ0) is 35.1. The minimum Gasteiger partial charge on any atom is -0.378 e. The number of amides is 1. The van der Waals surface area contributed by atoms with Gasteiger partial charge in [0.1, 0.15) is 11.6 Å². The molecule has 0 N–H and O–H groups in total. The first-order valence-corrected chi connectivity index (χ1v) is 17.1. The predicted molar refractivity (Wildman–Crippen MR) is 191 cm³/mol. The van der Waals surface area contributed by atoms with Crippen LogP contribution < -0.4 is 15.5 Å². The largest absolute Gasteiger partial charge is 0.378 e. The maximum Gasteiger partial charge on any atom is 0.355 e. The molecule has 0 radical (unpaired) electrons. The summed E-state index contributed by atoms with van der Waals surface area (Å²) in [7, 11) is 0. The van der Waals surface area contributed by atoms with Crippen molar-refractivity contribution in [2.75, 3.05) is 49.2 Å². The SMILES string of the molecule is C=CC(=O)N1CC(C)N(c2nc(=O)n(-c3c(C(C)C)nc(N4CCOCC4)nc3C(C)C)c3nc(-c4ccccc4F)c(Cl)cc23)CC1C. The van der Waals surface area contributed by atoms with Gasteiger partial charge >= 0.3 is 5.69 Å². The summed E-state index contributed by atoms with van der Waals surface area (Å²) in [6.07, 6.45) is 1.31. The number of piperazine rings is 1. The van der Waals surface area contributed by atoms with Crippen LogP contribution in [0.1, 0.15) is 64.8 Å². The number of nitrogens with zero attached hydrogens (tertiary/aromatic N) is 8. The van der Waals surface area contributed by atoms with Gasteiger partial charge in [0.25, 0.3) is 0 Å². The Balaban J connectivity index is 1.66.